The van der Waals surface area contributed by atoms with Crippen molar-refractivity contribution in [2.75, 3.05) is 0 Å². The smallest absolute Gasteiger partial charge is 0.435 e. The third-order valence-electron chi connectivity index (χ3n) is 5.35. The number of imide groups is 1. The number of alkyl halides is 3. The van der Waals surface area contributed by atoms with Gasteiger partial charge in [-0.1, -0.05) is 35.5 Å². The van der Waals surface area contributed by atoms with Crippen molar-refractivity contribution in [1.82, 2.24) is 4.90 Å². The van der Waals surface area contributed by atoms with Crippen LogP contribution in [0.5, 0.6) is 0 Å². The van der Waals surface area contributed by atoms with E-state index >= 15 is 0 Å². The summed E-state index contributed by atoms with van der Waals surface area (Å²) in [6.07, 6.45) is -5.51. The van der Waals surface area contributed by atoms with Gasteiger partial charge in [0.25, 0.3) is 11.5 Å². The number of rotatable bonds is 4. The first kappa shape index (κ1) is 27.2. The highest BCUT2D eigenvalue weighted by Gasteiger charge is 2.62. The van der Waals surface area contributed by atoms with Crippen LogP contribution in [0.1, 0.15) is 54.2 Å². The van der Waals surface area contributed by atoms with Gasteiger partial charge in [0.2, 0.25) is 0 Å². The molecule has 3 rings (SSSR count). The van der Waals surface area contributed by atoms with Crippen LogP contribution in [-0.4, -0.2) is 34.4 Å². The molecule has 0 fully saturated rings. The summed E-state index contributed by atoms with van der Waals surface area (Å²) in [6.45, 7) is 9.96. The molecule has 0 saturated carbocycles. The molecule has 0 spiro atoms. The van der Waals surface area contributed by atoms with Crippen LogP contribution in [0.2, 0.25) is 5.02 Å². The monoisotopic (exact) mass is 526 g/mol. The number of ether oxygens (including phenoxy) is 1. The standard InChI is InChI=1S/C25H23ClF4N2O4/c1-6-32(22(34)35-23(3,4)5)21(33)17-9-7-15(11-14(17)2)20-13-24(36-31-20,25(28,29)30)16-8-10-19(27)18(26)12-16/h6-12H,1,13H2,2-5H3. The first-order chi connectivity index (χ1) is 16.6. The Balaban J connectivity index is 1.90. The van der Waals surface area contributed by atoms with Crippen molar-refractivity contribution in [3.63, 3.8) is 0 Å². The maximum Gasteiger partial charge on any atom is 0.435 e. The van der Waals surface area contributed by atoms with Gasteiger partial charge in [-0.15, -0.1) is 0 Å². The van der Waals surface area contributed by atoms with Crippen molar-refractivity contribution in [3.05, 3.63) is 82.3 Å². The van der Waals surface area contributed by atoms with E-state index in [1.54, 1.807) is 27.7 Å². The van der Waals surface area contributed by atoms with Crippen molar-refractivity contribution in [2.24, 2.45) is 5.16 Å². The molecule has 0 saturated heterocycles. The Morgan fingerprint density at radius 2 is 1.86 bits per heavy atom. The zero-order chi connectivity index (χ0) is 27.1. The molecule has 36 heavy (non-hydrogen) atoms. The Hall–Kier alpha value is -3.40. The third-order valence-corrected chi connectivity index (χ3v) is 5.64. The van der Waals surface area contributed by atoms with Crippen LogP contribution in [-0.2, 0) is 15.2 Å². The minimum atomic E-state index is -4.90. The Morgan fingerprint density at radius 3 is 2.39 bits per heavy atom. The molecule has 2 aromatic carbocycles. The van der Waals surface area contributed by atoms with E-state index in [4.69, 9.17) is 21.2 Å². The van der Waals surface area contributed by atoms with E-state index in [1.165, 1.54) is 18.2 Å². The van der Waals surface area contributed by atoms with Crippen LogP contribution < -0.4 is 0 Å². The maximum atomic E-state index is 14.2. The van der Waals surface area contributed by atoms with Gasteiger partial charge in [0.05, 0.1) is 10.7 Å². The normalized spacial score (nSPS) is 17.8. The zero-order valence-corrected chi connectivity index (χ0v) is 20.6. The number of carbonyl (C=O) groups excluding carboxylic acids is 2. The summed E-state index contributed by atoms with van der Waals surface area (Å²) in [4.78, 5) is 31.0. The summed E-state index contributed by atoms with van der Waals surface area (Å²) < 4.78 is 61.2. The molecule has 1 unspecified atom stereocenters. The molecule has 0 radical (unpaired) electrons. The van der Waals surface area contributed by atoms with E-state index in [0.29, 0.717) is 10.5 Å². The summed E-state index contributed by atoms with van der Waals surface area (Å²) in [7, 11) is 0. The summed E-state index contributed by atoms with van der Waals surface area (Å²) in [5, 5.41) is 3.18. The van der Waals surface area contributed by atoms with E-state index in [9.17, 15) is 27.2 Å². The highest BCUT2D eigenvalue weighted by Crippen LogP contribution is 2.49. The number of benzene rings is 2. The van der Waals surface area contributed by atoms with Gasteiger partial charge in [0.1, 0.15) is 11.4 Å². The summed E-state index contributed by atoms with van der Waals surface area (Å²) in [6, 6.07) is 6.84. The number of nitrogens with zero attached hydrogens (tertiary/aromatic N) is 2. The van der Waals surface area contributed by atoms with Gasteiger partial charge < -0.3 is 9.57 Å². The number of oxime groups is 1. The summed E-state index contributed by atoms with van der Waals surface area (Å²) in [5.74, 6) is -1.59. The average Bonchev–Trinajstić information content (AvgIpc) is 3.21. The molecule has 0 aromatic heterocycles. The van der Waals surface area contributed by atoms with Crippen molar-refractivity contribution in [2.45, 2.75) is 51.5 Å². The third kappa shape index (κ3) is 5.23. The largest absolute Gasteiger partial charge is 0.443 e. The maximum absolute atomic E-state index is 14.2. The molecule has 0 bridgehead atoms. The fourth-order valence-corrected chi connectivity index (χ4v) is 3.75. The van der Waals surface area contributed by atoms with Crippen molar-refractivity contribution < 1.29 is 36.7 Å². The molecule has 6 nitrogen and oxygen atoms in total. The Labute approximate surface area is 210 Å². The van der Waals surface area contributed by atoms with E-state index in [1.807, 2.05) is 0 Å². The zero-order valence-electron chi connectivity index (χ0n) is 19.9. The van der Waals surface area contributed by atoms with E-state index in [0.717, 1.165) is 24.4 Å². The molecule has 11 heteroatoms. The van der Waals surface area contributed by atoms with E-state index in [-0.39, 0.29) is 16.8 Å². The second kappa shape index (κ2) is 9.57. The highest BCUT2D eigenvalue weighted by atomic mass is 35.5. The highest BCUT2D eigenvalue weighted by molar-refractivity contribution is 6.30. The molecular weight excluding hydrogens is 504 g/mol. The molecule has 0 N–H and O–H groups in total. The molecule has 1 heterocycles. The lowest BCUT2D eigenvalue weighted by molar-refractivity contribution is -0.275. The first-order valence-electron chi connectivity index (χ1n) is 10.7. The van der Waals surface area contributed by atoms with Crippen LogP contribution in [0.4, 0.5) is 22.4 Å². The van der Waals surface area contributed by atoms with Gasteiger partial charge >= 0.3 is 12.3 Å². The van der Waals surface area contributed by atoms with Crippen LogP contribution >= 0.6 is 11.6 Å². The number of hydrogen-bond donors (Lipinski definition) is 0. The quantitative estimate of drug-likeness (QED) is 0.407. The molecule has 1 aliphatic heterocycles. The van der Waals surface area contributed by atoms with Crippen LogP contribution in [0.3, 0.4) is 0 Å². The van der Waals surface area contributed by atoms with Gasteiger partial charge in [-0.25, -0.2) is 14.1 Å². The average molecular weight is 527 g/mol. The van der Waals surface area contributed by atoms with Crippen LogP contribution in [0, 0.1) is 12.7 Å². The van der Waals surface area contributed by atoms with Gasteiger partial charge in [-0.05, 0) is 63.1 Å². The predicted octanol–water partition coefficient (Wildman–Crippen LogP) is 6.89. The summed E-state index contributed by atoms with van der Waals surface area (Å²) >= 11 is 5.71. The lowest BCUT2D eigenvalue weighted by Crippen LogP contribution is -2.42. The van der Waals surface area contributed by atoms with Gasteiger partial charge in [0, 0.05) is 23.7 Å². The lowest BCUT2D eigenvalue weighted by atomic mass is 9.86. The Kier molecular flexibility index (Phi) is 7.23. The second-order valence-corrected chi connectivity index (χ2v) is 9.53. The van der Waals surface area contributed by atoms with Gasteiger partial charge in [-0.2, -0.15) is 13.2 Å². The topological polar surface area (TPSA) is 68.2 Å². The van der Waals surface area contributed by atoms with Gasteiger partial charge in [0.15, 0.2) is 0 Å². The molecule has 192 valence electrons. The number of hydrogen-bond acceptors (Lipinski definition) is 5. The molecular formula is C25H23ClF4N2O4. The van der Waals surface area contributed by atoms with Crippen molar-refractivity contribution >= 4 is 29.3 Å². The molecule has 1 atom stereocenters. The van der Waals surface area contributed by atoms with Crippen LogP contribution in [0.25, 0.3) is 0 Å². The van der Waals surface area contributed by atoms with E-state index < -0.39 is 52.2 Å². The number of halogens is 5. The summed E-state index contributed by atoms with van der Waals surface area (Å²) in [5.41, 5.74) is -3.41. The molecule has 0 aliphatic carbocycles. The number of amides is 2. The van der Waals surface area contributed by atoms with Gasteiger partial charge in [-0.3, -0.25) is 4.79 Å². The van der Waals surface area contributed by atoms with Crippen molar-refractivity contribution in [3.8, 4) is 0 Å². The fourth-order valence-electron chi connectivity index (χ4n) is 3.57. The predicted molar refractivity (Wildman–Crippen MR) is 125 cm³/mol. The van der Waals surface area contributed by atoms with Crippen molar-refractivity contribution in [1.29, 1.82) is 0 Å². The Bertz CT molecular complexity index is 1250. The molecule has 2 amide bonds. The van der Waals surface area contributed by atoms with E-state index in [2.05, 4.69) is 11.7 Å². The number of carbonyl (C=O) groups is 2. The SMILES string of the molecule is C=CN(C(=O)OC(C)(C)C)C(=O)c1ccc(C2=NOC(c3ccc(F)c(Cl)c3)(C(F)(F)F)C2)cc1C. The number of aryl methyl sites for hydroxylation is 1. The minimum absolute atomic E-state index is 0.0393. The fraction of sp³-hybridized carbons (Fsp3) is 0.320. The van der Waals surface area contributed by atoms with Crippen LogP contribution in [0.15, 0.2) is 54.3 Å². The molecule has 1 aliphatic rings. The molecule has 2 aromatic rings. The first-order valence-corrected chi connectivity index (χ1v) is 11.0. The minimum Gasteiger partial charge on any atom is -0.443 e. The Morgan fingerprint density at radius 1 is 1.19 bits per heavy atom. The second-order valence-electron chi connectivity index (χ2n) is 9.13. The lowest BCUT2D eigenvalue weighted by Gasteiger charge is -2.29.